The Bertz CT molecular complexity index is 1120. The van der Waals surface area contributed by atoms with Crippen molar-refractivity contribution < 1.29 is 9.53 Å². The molecule has 2 heterocycles. The van der Waals surface area contributed by atoms with Crippen LogP contribution in [0.2, 0.25) is 0 Å². The van der Waals surface area contributed by atoms with E-state index in [1.165, 1.54) is 0 Å². The summed E-state index contributed by atoms with van der Waals surface area (Å²) in [4.78, 5) is 20.6. The number of fused-ring (bicyclic) bond motifs is 1. The SMILES string of the molecule is Cc1c(Br)c2ccccc2n1CC(=O)Nc1ccc(Oc2ncccn2)cc1. The number of benzene rings is 2. The van der Waals surface area contributed by atoms with Crippen LogP contribution in [0.5, 0.6) is 11.8 Å². The van der Waals surface area contributed by atoms with Crippen molar-refractivity contribution in [2.75, 3.05) is 5.32 Å². The van der Waals surface area contributed by atoms with Gasteiger partial charge in [-0.1, -0.05) is 18.2 Å². The molecular formula is C21H17BrN4O2. The second-order valence-corrected chi connectivity index (χ2v) is 7.00. The first kappa shape index (κ1) is 18.2. The topological polar surface area (TPSA) is 69.0 Å². The molecule has 4 rings (SSSR count). The maximum atomic E-state index is 12.6. The number of rotatable bonds is 5. The third kappa shape index (κ3) is 3.75. The lowest BCUT2D eigenvalue weighted by Gasteiger charge is -2.10. The van der Waals surface area contributed by atoms with Gasteiger partial charge in [0.1, 0.15) is 12.3 Å². The summed E-state index contributed by atoms with van der Waals surface area (Å²) >= 11 is 3.62. The van der Waals surface area contributed by atoms with Crippen molar-refractivity contribution in [3.05, 3.63) is 77.2 Å². The van der Waals surface area contributed by atoms with Crippen molar-refractivity contribution in [3.63, 3.8) is 0 Å². The maximum Gasteiger partial charge on any atom is 0.321 e. The third-order valence-electron chi connectivity index (χ3n) is 4.34. The van der Waals surface area contributed by atoms with Gasteiger partial charge in [-0.3, -0.25) is 4.79 Å². The number of aromatic nitrogens is 3. The number of carbonyl (C=O) groups is 1. The molecule has 1 amide bonds. The average molecular weight is 437 g/mol. The normalized spacial score (nSPS) is 10.8. The Morgan fingerprint density at radius 3 is 2.54 bits per heavy atom. The van der Waals surface area contributed by atoms with Gasteiger partial charge < -0.3 is 14.6 Å². The number of carbonyl (C=O) groups excluding carboxylic acids is 1. The minimum absolute atomic E-state index is 0.101. The predicted octanol–water partition coefficient (Wildman–Crippen LogP) is 4.93. The third-order valence-corrected chi connectivity index (χ3v) is 5.35. The first-order chi connectivity index (χ1) is 13.6. The molecule has 0 bridgehead atoms. The largest absolute Gasteiger partial charge is 0.424 e. The van der Waals surface area contributed by atoms with Gasteiger partial charge in [0.05, 0.1) is 0 Å². The molecule has 1 N–H and O–H groups in total. The standard InChI is InChI=1S/C21H17BrN4O2/c1-14-20(22)17-5-2-3-6-18(17)26(14)13-19(27)25-15-7-9-16(10-8-15)28-21-23-11-4-12-24-21/h2-12H,13H2,1H3,(H,25,27). The Hall–Kier alpha value is -3.19. The van der Waals surface area contributed by atoms with Gasteiger partial charge in [-0.05, 0) is 59.3 Å². The van der Waals surface area contributed by atoms with E-state index >= 15 is 0 Å². The lowest BCUT2D eigenvalue weighted by atomic mass is 10.2. The summed E-state index contributed by atoms with van der Waals surface area (Å²) in [6, 6.07) is 17.1. The molecule has 0 fully saturated rings. The molecule has 0 aliphatic heterocycles. The van der Waals surface area contributed by atoms with Gasteiger partial charge in [0.15, 0.2) is 0 Å². The zero-order chi connectivity index (χ0) is 19.5. The highest BCUT2D eigenvalue weighted by atomic mass is 79.9. The van der Waals surface area contributed by atoms with Crippen LogP contribution in [0.1, 0.15) is 5.69 Å². The Balaban J connectivity index is 1.45. The van der Waals surface area contributed by atoms with Crippen molar-refractivity contribution in [1.29, 1.82) is 0 Å². The molecule has 0 saturated carbocycles. The first-order valence-electron chi connectivity index (χ1n) is 8.70. The van der Waals surface area contributed by atoms with Crippen LogP contribution in [-0.4, -0.2) is 20.4 Å². The molecule has 0 radical (unpaired) electrons. The van der Waals surface area contributed by atoms with Crippen molar-refractivity contribution in [3.8, 4) is 11.8 Å². The van der Waals surface area contributed by atoms with Gasteiger partial charge in [-0.15, -0.1) is 0 Å². The average Bonchev–Trinajstić information content (AvgIpc) is 2.95. The molecule has 0 spiro atoms. The zero-order valence-electron chi connectivity index (χ0n) is 15.1. The highest BCUT2D eigenvalue weighted by Gasteiger charge is 2.14. The number of amides is 1. The molecule has 2 aromatic carbocycles. The van der Waals surface area contributed by atoms with E-state index in [4.69, 9.17) is 4.74 Å². The summed E-state index contributed by atoms with van der Waals surface area (Å²) in [6.07, 6.45) is 3.23. The predicted molar refractivity (Wildman–Crippen MR) is 112 cm³/mol. The maximum absolute atomic E-state index is 12.6. The van der Waals surface area contributed by atoms with E-state index in [9.17, 15) is 4.79 Å². The number of hydrogen-bond donors (Lipinski definition) is 1. The molecule has 140 valence electrons. The summed E-state index contributed by atoms with van der Waals surface area (Å²) in [7, 11) is 0. The Kier molecular flexibility index (Phi) is 5.08. The quantitative estimate of drug-likeness (QED) is 0.481. The van der Waals surface area contributed by atoms with Gasteiger partial charge in [-0.25, -0.2) is 9.97 Å². The van der Waals surface area contributed by atoms with Crippen LogP contribution in [0.3, 0.4) is 0 Å². The fourth-order valence-electron chi connectivity index (χ4n) is 2.99. The number of ether oxygens (including phenoxy) is 1. The minimum atomic E-state index is -0.101. The Labute approximate surface area is 170 Å². The molecule has 0 aliphatic rings. The number of halogens is 1. The summed E-state index contributed by atoms with van der Waals surface area (Å²) in [5, 5.41) is 4.02. The number of nitrogens with zero attached hydrogens (tertiary/aromatic N) is 3. The van der Waals surface area contributed by atoms with E-state index in [0.29, 0.717) is 11.4 Å². The van der Waals surface area contributed by atoms with Crippen LogP contribution < -0.4 is 10.1 Å². The van der Waals surface area contributed by atoms with Crippen LogP contribution in [0.25, 0.3) is 10.9 Å². The van der Waals surface area contributed by atoms with E-state index in [-0.39, 0.29) is 18.5 Å². The molecule has 2 aromatic heterocycles. The molecule has 28 heavy (non-hydrogen) atoms. The lowest BCUT2D eigenvalue weighted by Crippen LogP contribution is -2.19. The van der Waals surface area contributed by atoms with Crippen LogP contribution in [-0.2, 0) is 11.3 Å². The molecule has 7 heteroatoms. The van der Waals surface area contributed by atoms with E-state index < -0.39 is 0 Å². The second-order valence-electron chi connectivity index (χ2n) is 6.21. The second kappa shape index (κ2) is 7.82. The molecule has 4 aromatic rings. The summed E-state index contributed by atoms with van der Waals surface area (Å²) in [5.74, 6) is 0.497. The summed E-state index contributed by atoms with van der Waals surface area (Å²) in [6.45, 7) is 2.23. The van der Waals surface area contributed by atoms with Crippen LogP contribution in [0.15, 0.2) is 71.5 Å². The first-order valence-corrected chi connectivity index (χ1v) is 9.49. The van der Waals surface area contributed by atoms with Gasteiger partial charge in [0.25, 0.3) is 0 Å². The number of para-hydroxylation sites is 1. The van der Waals surface area contributed by atoms with E-state index in [2.05, 4.69) is 31.2 Å². The Morgan fingerprint density at radius 1 is 1.07 bits per heavy atom. The number of anilines is 1. The summed E-state index contributed by atoms with van der Waals surface area (Å²) < 4.78 is 8.57. The fraction of sp³-hybridized carbons (Fsp3) is 0.0952. The summed E-state index contributed by atoms with van der Waals surface area (Å²) in [5.41, 5.74) is 2.73. The van der Waals surface area contributed by atoms with Gasteiger partial charge >= 0.3 is 6.01 Å². The van der Waals surface area contributed by atoms with Crippen LogP contribution >= 0.6 is 15.9 Å². The Morgan fingerprint density at radius 2 is 1.79 bits per heavy atom. The fourth-order valence-corrected chi connectivity index (χ4v) is 3.54. The highest BCUT2D eigenvalue weighted by molar-refractivity contribution is 9.10. The zero-order valence-corrected chi connectivity index (χ0v) is 16.7. The van der Waals surface area contributed by atoms with E-state index in [0.717, 1.165) is 21.1 Å². The number of hydrogen-bond acceptors (Lipinski definition) is 4. The van der Waals surface area contributed by atoms with E-state index in [1.807, 2.05) is 35.8 Å². The van der Waals surface area contributed by atoms with Gasteiger partial charge in [0.2, 0.25) is 5.91 Å². The molecule has 0 aliphatic carbocycles. The molecule has 6 nitrogen and oxygen atoms in total. The van der Waals surface area contributed by atoms with Crippen molar-refractivity contribution in [2.45, 2.75) is 13.5 Å². The van der Waals surface area contributed by atoms with Crippen molar-refractivity contribution in [2.24, 2.45) is 0 Å². The highest BCUT2D eigenvalue weighted by Crippen LogP contribution is 2.30. The molecule has 0 saturated heterocycles. The van der Waals surface area contributed by atoms with Crippen LogP contribution in [0.4, 0.5) is 5.69 Å². The molecular weight excluding hydrogens is 420 g/mol. The molecule has 0 atom stereocenters. The monoisotopic (exact) mass is 436 g/mol. The van der Waals surface area contributed by atoms with Crippen molar-refractivity contribution in [1.82, 2.24) is 14.5 Å². The van der Waals surface area contributed by atoms with Gasteiger partial charge in [0, 0.05) is 39.2 Å². The minimum Gasteiger partial charge on any atom is -0.424 e. The van der Waals surface area contributed by atoms with Crippen LogP contribution in [0, 0.1) is 6.92 Å². The molecule has 0 unspecified atom stereocenters. The number of nitrogens with one attached hydrogen (secondary N) is 1. The van der Waals surface area contributed by atoms with Gasteiger partial charge in [-0.2, -0.15) is 0 Å². The van der Waals surface area contributed by atoms with Crippen molar-refractivity contribution >= 4 is 38.4 Å². The smallest absolute Gasteiger partial charge is 0.321 e. The lowest BCUT2D eigenvalue weighted by molar-refractivity contribution is -0.116. The van der Waals surface area contributed by atoms with E-state index in [1.54, 1.807) is 42.7 Å².